The number of carbonyl (C=O) groups excluding carboxylic acids is 2. The third kappa shape index (κ3) is 5.96. The van der Waals surface area contributed by atoms with Crippen molar-refractivity contribution in [3.63, 3.8) is 0 Å². The van der Waals surface area contributed by atoms with Crippen LogP contribution in [0, 0.1) is 16.7 Å². The number of carbonyl (C=O) groups is 2. The largest absolute Gasteiger partial charge is 0.469 e. The van der Waals surface area contributed by atoms with Crippen LogP contribution >= 0.6 is 0 Å². The van der Waals surface area contributed by atoms with Crippen molar-refractivity contribution in [3.8, 4) is 6.07 Å². The Hall–Kier alpha value is -2.35. The quantitative estimate of drug-likeness (QED) is 0.483. The molecule has 0 radical (unpaired) electrons. The third-order valence-electron chi connectivity index (χ3n) is 3.46. The Labute approximate surface area is 131 Å². The van der Waals surface area contributed by atoms with Crippen LogP contribution in [0.2, 0.25) is 0 Å². The summed E-state index contributed by atoms with van der Waals surface area (Å²) in [5.41, 5.74) is -0.209. The van der Waals surface area contributed by atoms with Gasteiger partial charge in [0.05, 0.1) is 25.7 Å². The number of esters is 2. The highest BCUT2D eigenvalue weighted by molar-refractivity contribution is 5.70. The zero-order valence-electron chi connectivity index (χ0n) is 13.4. The summed E-state index contributed by atoms with van der Waals surface area (Å²) in [4.78, 5) is 22.8. The van der Waals surface area contributed by atoms with Gasteiger partial charge < -0.3 is 9.47 Å². The van der Waals surface area contributed by atoms with Gasteiger partial charge in [0, 0.05) is 12.8 Å². The Morgan fingerprint density at radius 1 is 1.18 bits per heavy atom. The number of rotatable bonds is 9. The zero-order chi connectivity index (χ0) is 17.0. The van der Waals surface area contributed by atoms with E-state index in [1.807, 2.05) is 6.92 Å². The molecule has 0 unspecified atom stereocenters. The molecule has 0 N–H and O–H groups in total. The molecule has 0 rings (SSSR count). The summed E-state index contributed by atoms with van der Waals surface area (Å²) in [6.45, 7) is 5.42. The van der Waals surface area contributed by atoms with Crippen LogP contribution in [0.3, 0.4) is 0 Å². The van der Waals surface area contributed by atoms with Crippen LogP contribution < -0.4 is 0 Å². The van der Waals surface area contributed by atoms with Crippen molar-refractivity contribution in [2.24, 2.45) is 5.41 Å². The van der Waals surface area contributed by atoms with Crippen molar-refractivity contribution >= 4 is 11.9 Å². The first-order chi connectivity index (χ1) is 10.5. The first-order valence-corrected chi connectivity index (χ1v) is 7.00. The molecule has 0 aliphatic carbocycles. The first-order valence-electron chi connectivity index (χ1n) is 7.00. The molecule has 0 saturated heterocycles. The summed E-state index contributed by atoms with van der Waals surface area (Å²) in [6.07, 6.45) is 7.64. The smallest absolute Gasteiger partial charge is 0.305 e. The molecule has 0 heterocycles. The van der Waals surface area contributed by atoms with E-state index in [-0.39, 0.29) is 37.6 Å². The van der Waals surface area contributed by atoms with Crippen LogP contribution in [0.25, 0.3) is 0 Å². The highest BCUT2D eigenvalue weighted by Crippen LogP contribution is 2.38. The molecule has 22 heavy (non-hydrogen) atoms. The van der Waals surface area contributed by atoms with Crippen molar-refractivity contribution < 1.29 is 19.1 Å². The second kappa shape index (κ2) is 10.4. The van der Waals surface area contributed by atoms with E-state index in [0.717, 1.165) is 5.57 Å². The fourth-order valence-corrected chi connectivity index (χ4v) is 2.13. The average molecular weight is 305 g/mol. The summed E-state index contributed by atoms with van der Waals surface area (Å²) in [5.74, 6) is -0.776. The maximum atomic E-state index is 11.4. The van der Waals surface area contributed by atoms with Gasteiger partial charge in [-0.2, -0.15) is 5.26 Å². The highest BCUT2D eigenvalue weighted by Gasteiger charge is 2.34. The van der Waals surface area contributed by atoms with Crippen LogP contribution in [-0.2, 0) is 19.1 Å². The highest BCUT2D eigenvalue weighted by atomic mass is 16.5. The number of methoxy groups -OCH3 is 2. The standard InChI is InChI=1S/C17H23NO4/c1-5-7-8-14(6-2)17(13-18,11-9-15(19)21-3)12-10-16(20)22-4/h5-8H,1,9-12H2,2-4H3/b8-7-,14-6+. The number of allylic oxidation sites excluding steroid dienone is 5. The third-order valence-corrected chi connectivity index (χ3v) is 3.46. The lowest BCUT2D eigenvalue weighted by molar-refractivity contribution is -0.141. The second-order valence-corrected chi connectivity index (χ2v) is 4.69. The van der Waals surface area contributed by atoms with Gasteiger partial charge in [-0.15, -0.1) is 0 Å². The lowest BCUT2D eigenvalue weighted by Crippen LogP contribution is -2.24. The van der Waals surface area contributed by atoms with E-state index in [0.29, 0.717) is 0 Å². The fourth-order valence-electron chi connectivity index (χ4n) is 2.13. The van der Waals surface area contributed by atoms with Crippen LogP contribution in [0.5, 0.6) is 0 Å². The van der Waals surface area contributed by atoms with Crippen LogP contribution in [-0.4, -0.2) is 26.2 Å². The maximum absolute atomic E-state index is 11.4. The van der Waals surface area contributed by atoms with Gasteiger partial charge in [-0.1, -0.05) is 30.9 Å². The van der Waals surface area contributed by atoms with Gasteiger partial charge in [0.15, 0.2) is 0 Å². The van der Waals surface area contributed by atoms with Crippen LogP contribution in [0.1, 0.15) is 32.6 Å². The lowest BCUT2D eigenvalue weighted by atomic mass is 9.73. The summed E-state index contributed by atoms with van der Waals surface area (Å²) < 4.78 is 9.28. The number of nitrogens with zero attached hydrogens (tertiary/aromatic N) is 1. The normalized spacial score (nSPS) is 11.8. The molecule has 120 valence electrons. The molecule has 0 spiro atoms. The van der Waals surface area contributed by atoms with E-state index >= 15 is 0 Å². The molecular weight excluding hydrogens is 282 g/mol. The molecule has 0 saturated carbocycles. The molecule has 0 aromatic carbocycles. The predicted octanol–water partition coefficient (Wildman–Crippen LogP) is 3.09. The van der Waals surface area contributed by atoms with E-state index in [1.54, 1.807) is 24.3 Å². The average Bonchev–Trinajstić information content (AvgIpc) is 2.56. The van der Waals surface area contributed by atoms with E-state index in [4.69, 9.17) is 0 Å². The van der Waals surface area contributed by atoms with Crippen LogP contribution in [0.4, 0.5) is 0 Å². The van der Waals surface area contributed by atoms with Crippen molar-refractivity contribution in [2.45, 2.75) is 32.6 Å². The molecule has 0 aromatic rings. The molecule has 0 aromatic heterocycles. The maximum Gasteiger partial charge on any atom is 0.305 e. The van der Waals surface area contributed by atoms with Gasteiger partial charge in [-0.25, -0.2) is 0 Å². The minimum Gasteiger partial charge on any atom is -0.469 e. The fraction of sp³-hybridized carbons (Fsp3) is 0.471. The topological polar surface area (TPSA) is 76.4 Å². The molecule has 0 aliphatic heterocycles. The summed E-state index contributed by atoms with van der Waals surface area (Å²) in [7, 11) is 2.61. The molecular formula is C17H23NO4. The summed E-state index contributed by atoms with van der Waals surface area (Å²) in [5, 5.41) is 9.69. The van der Waals surface area contributed by atoms with Gasteiger partial charge >= 0.3 is 11.9 Å². The SMILES string of the molecule is C=C/C=C\C(=C/C)C(C#N)(CCC(=O)OC)CCC(=O)OC. The molecule has 0 atom stereocenters. The van der Waals surface area contributed by atoms with Gasteiger partial charge in [0.2, 0.25) is 0 Å². The number of nitriles is 1. The van der Waals surface area contributed by atoms with Crippen molar-refractivity contribution in [2.75, 3.05) is 14.2 Å². The molecule has 0 fully saturated rings. The Morgan fingerprint density at radius 3 is 2.00 bits per heavy atom. The van der Waals surface area contributed by atoms with E-state index in [9.17, 15) is 14.9 Å². The van der Waals surface area contributed by atoms with E-state index in [1.165, 1.54) is 14.2 Å². The predicted molar refractivity (Wildman–Crippen MR) is 83.6 cm³/mol. The minimum atomic E-state index is -0.948. The minimum absolute atomic E-state index is 0.102. The summed E-state index contributed by atoms with van der Waals surface area (Å²) >= 11 is 0. The number of hydrogen-bond donors (Lipinski definition) is 0. The Bertz CT molecular complexity index is 477. The van der Waals surface area contributed by atoms with Crippen molar-refractivity contribution in [1.82, 2.24) is 0 Å². The Balaban J connectivity index is 5.43. The first kappa shape index (κ1) is 19.7. The Morgan fingerprint density at radius 2 is 1.68 bits per heavy atom. The van der Waals surface area contributed by atoms with Gasteiger partial charge in [0.1, 0.15) is 0 Å². The molecule has 5 nitrogen and oxygen atoms in total. The van der Waals surface area contributed by atoms with Gasteiger partial charge in [0.25, 0.3) is 0 Å². The van der Waals surface area contributed by atoms with Crippen molar-refractivity contribution in [3.05, 3.63) is 36.5 Å². The monoisotopic (exact) mass is 305 g/mol. The van der Waals surface area contributed by atoms with Crippen LogP contribution in [0.15, 0.2) is 36.5 Å². The molecule has 0 aliphatic rings. The Kier molecular flexibility index (Phi) is 9.28. The van der Waals surface area contributed by atoms with Crippen molar-refractivity contribution in [1.29, 1.82) is 5.26 Å². The summed E-state index contributed by atoms with van der Waals surface area (Å²) in [6, 6.07) is 2.27. The lowest BCUT2D eigenvalue weighted by Gasteiger charge is -2.27. The molecule has 5 heteroatoms. The second-order valence-electron chi connectivity index (χ2n) is 4.69. The molecule has 0 bridgehead atoms. The molecule has 0 amide bonds. The number of ether oxygens (including phenoxy) is 2. The van der Waals surface area contributed by atoms with Gasteiger partial charge in [-0.3, -0.25) is 9.59 Å². The van der Waals surface area contributed by atoms with E-state index < -0.39 is 5.41 Å². The number of hydrogen-bond acceptors (Lipinski definition) is 5. The van der Waals surface area contributed by atoms with E-state index in [2.05, 4.69) is 22.1 Å². The zero-order valence-corrected chi connectivity index (χ0v) is 13.4. The van der Waals surface area contributed by atoms with Gasteiger partial charge in [-0.05, 0) is 25.3 Å².